The van der Waals surface area contributed by atoms with Gasteiger partial charge in [-0.05, 0) is 32.9 Å². The van der Waals surface area contributed by atoms with Crippen LogP contribution in [-0.2, 0) is 4.79 Å². The lowest BCUT2D eigenvalue weighted by Crippen LogP contribution is -2.41. The highest BCUT2D eigenvalue weighted by molar-refractivity contribution is 7.09. The molecular formula is C17H22N4O2S. The van der Waals surface area contributed by atoms with E-state index in [1.807, 2.05) is 50.4 Å². The lowest BCUT2D eigenvalue weighted by Gasteiger charge is -2.18. The van der Waals surface area contributed by atoms with Gasteiger partial charge in [-0.15, -0.1) is 11.3 Å². The number of likely N-dealkylation sites (N-methyl/N-ethyl adjacent to an activating group) is 1. The van der Waals surface area contributed by atoms with Gasteiger partial charge in [0.25, 0.3) is 0 Å². The van der Waals surface area contributed by atoms with Crippen LogP contribution < -0.4 is 10.6 Å². The average molecular weight is 346 g/mol. The maximum Gasteiger partial charge on any atom is 0.319 e. The second-order valence-corrected chi connectivity index (χ2v) is 6.27. The fourth-order valence-electron chi connectivity index (χ4n) is 2.24. The Labute approximate surface area is 145 Å². The molecule has 6 nitrogen and oxygen atoms in total. The summed E-state index contributed by atoms with van der Waals surface area (Å²) in [7, 11) is 0. The fourth-order valence-corrected chi connectivity index (χ4v) is 2.86. The summed E-state index contributed by atoms with van der Waals surface area (Å²) in [6.45, 7) is 7.05. The first-order valence-electron chi connectivity index (χ1n) is 7.88. The van der Waals surface area contributed by atoms with E-state index < -0.39 is 6.03 Å². The number of anilines is 1. The van der Waals surface area contributed by atoms with E-state index in [0.717, 1.165) is 16.3 Å². The summed E-state index contributed by atoms with van der Waals surface area (Å²) in [4.78, 5) is 29.8. The second kappa shape index (κ2) is 8.44. The molecule has 3 amide bonds. The molecule has 0 saturated carbocycles. The zero-order chi connectivity index (χ0) is 17.5. The first kappa shape index (κ1) is 17.9. The Bertz CT molecular complexity index is 693. The van der Waals surface area contributed by atoms with Crippen LogP contribution in [0.4, 0.5) is 10.5 Å². The van der Waals surface area contributed by atoms with Crippen molar-refractivity contribution in [1.29, 1.82) is 0 Å². The van der Waals surface area contributed by atoms with Crippen molar-refractivity contribution in [2.24, 2.45) is 0 Å². The third-order valence-electron chi connectivity index (χ3n) is 3.57. The van der Waals surface area contributed by atoms with Crippen molar-refractivity contribution >= 4 is 29.0 Å². The Kier molecular flexibility index (Phi) is 6.31. The maximum atomic E-state index is 11.9. The zero-order valence-corrected chi connectivity index (χ0v) is 14.9. The van der Waals surface area contributed by atoms with Crippen LogP contribution in [0.5, 0.6) is 0 Å². The molecule has 0 spiro atoms. The van der Waals surface area contributed by atoms with Crippen LogP contribution in [0.2, 0.25) is 0 Å². The van der Waals surface area contributed by atoms with Gasteiger partial charge in [-0.3, -0.25) is 4.79 Å². The number of nitrogens with zero attached hydrogens (tertiary/aromatic N) is 2. The summed E-state index contributed by atoms with van der Waals surface area (Å²) in [5.41, 5.74) is 2.60. The van der Waals surface area contributed by atoms with Crippen molar-refractivity contribution in [2.45, 2.75) is 20.8 Å². The van der Waals surface area contributed by atoms with E-state index >= 15 is 0 Å². The summed E-state index contributed by atoms with van der Waals surface area (Å²) < 4.78 is 0. The van der Waals surface area contributed by atoms with E-state index in [0.29, 0.717) is 18.8 Å². The Morgan fingerprint density at radius 2 is 1.83 bits per heavy atom. The van der Waals surface area contributed by atoms with E-state index in [1.165, 1.54) is 0 Å². The molecule has 0 aliphatic carbocycles. The molecule has 0 radical (unpaired) electrons. The number of carbonyl (C=O) groups excluding carboxylic acids is 2. The molecule has 0 fully saturated rings. The summed E-state index contributed by atoms with van der Waals surface area (Å²) >= 11 is 1.60. The van der Waals surface area contributed by atoms with Crippen molar-refractivity contribution in [3.05, 3.63) is 34.7 Å². The number of urea groups is 1. The average Bonchev–Trinajstić information content (AvgIpc) is 3.01. The molecule has 2 aromatic rings. The molecule has 1 heterocycles. The second-order valence-electron chi connectivity index (χ2n) is 5.20. The number of aromatic nitrogens is 1. The lowest BCUT2D eigenvalue weighted by atomic mass is 10.1. The molecule has 0 bridgehead atoms. The van der Waals surface area contributed by atoms with E-state index in [9.17, 15) is 9.59 Å². The predicted molar refractivity (Wildman–Crippen MR) is 97.2 cm³/mol. The van der Waals surface area contributed by atoms with Crippen LogP contribution >= 0.6 is 11.3 Å². The highest BCUT2D eigenvalue weighted by Crippen LogP contribution is 2.22. The Morgan fingerprint density at radius 3 is 2.38 bits per heavy atom. The fraction of sp³-hybridized carbons (Fsp3) is 0.353. The highest BCUT2D eigenvalue weighted by atomic mass is 32.1. The number of nitrogens with one attached hydrogen (secondary N) is 2. The summed E-state index contributed by atoms with van der Waals surface area (Å²) in [6, 6.07) is 7.05. The third-order valence-corrected chi connectivity index (χ3v) is 4.35. The highest BCUT2D eigenvalue weighted by Gasteiger charge is 2.11. The van der Waals surface area contributed by atoms with Gasteiger partial charge in [-0.25, -0.2) is 9.78 Å². The third kappa shape index (κ3) is 4.79. The molecule has 0 aliphatic rings. The number of hydrogen-bond donors (Lipinski definition) is 2. The van der Waals surface area contributed by atoms with Gasteiger partial charge in [0.2, 0.25) is 5.91 Å². The maximum absolute atomic E-state index is 11.9. The normalized spacial score (nSPS) is 10.3. The first-order valence-corrected chi connectivity index (χ1v) is 8.76. The van der Waals surface area contributed by atoms with E-state index in [2.05, 4.69) is 15.6 Å². The number of thiazole rings is 1. The largest absolute Gasteiger partial charge is 0.342 e. The van der Waals surface area contributed by atoms with E-state index in [4.69, 9.17) is 0 Å². The molecule has 128 valence electrons. The molecule has 24 heavy (non-hydrogen) atoms. The SMILES string of the molecule is CCN(CC)C(=O)CNC(=O)Nc1ccc(-c2csc(C)n2)cc1. The van der Waals surface area contributed by atoms with Gasteiger partial charge in [0.15, 0.2) is 0 Å². The Hall–Kier alpha value is -2.41. The molecule has 0 atom stereocenters. The van der Waals surface area contributed by atoms with Crippen LogP contribution in [0.1, 0.15) is 18.9 Å². The molecule has 2 rings (SSSR count). The van der Waals surface area contributed by atoms with Crippen LogP contribution in [-0.4, -0.2) is 41.5 Å². The molecule has 0 saturated heterocycles. The van der Waals surface area contributed by atoms with Gasteiger partial charge in [0.05, 0.1) is 17.2 Å². The number of aryl methyl sites for hydroxylation is 1. The molecule has 7 heteroatoms. The standard InChI is InChI=1S/C17H22N4O2S/c1-4-21(5-2)16(22)10-18-17(23)20-14-8-6-13(7-9-14)15-11-24-12(3)19-15/h6-9,11H,4-5,10H2,1-3H3,(H2,18,20,23). The molecular weight excluding hydrogens is 324 g/mol. The van der Waals surface area contributed by atoms with E-state index in [1.54, 1.807) is 16.2 Å². The van der Waals surface area contributed by atoms with Crippen molar-refractivity contribution < 1.29 is 9.59 Å². The summed E-state index contributed by atoms with van der Waals surface area (Å²) in [5.74, 6) is -0.0931. The number of carbonyl (C=O) groups is 2. The van der Waals surface area contributed by atoms with Crippen molar-refractivity contribution in [3.63, 3.8) is 0 Å². The minimum absolute atomic E-state index is 0.0102. The smallest absolute Gasteiger partial charge is 0.319 e. The molecule has 2 N–H and O–H groups in total. The van der Waals surface area contributed by atoms with Gasteiger partial charge in [-0.1, -0.05) is 12.1 Å². The van der Waals surface area contributed by atoms with Crippen LogP contribution in [0.25, 0.3) is 11.3 Å². The van der Waals surface area contributed by atoms with Crippen molar-refractivity contribution in [1.82, 2.24) is 15.2 Å². The van der Waals surface area contributed by atoms with Gasteiger partial charge in [0.1, 0.15) is 0 Å². The van der Waals surface area contributed by atoms with Crippen LogP contribution in [0.3, 0.4) is 0 Å². The minimum atomic E-state index is -0.396. The van der Waals surface area contributed by atoms with Crippen LogP contribution in [0, 0.1) is 6.92 Å². The zero-order valence-electron chi connectivity index (χ0n) is 14.1. The van der Waals surface area contributed by atoms with Crippen molar-refractivity contribution in [2.75, 3.05) is 25.0 Å². The lowest BCUT2D eigenvalue weighted by molar-refractivity contribution is -0.129. The van der Waals surface area contributed by atoms with Crippen LogP contribution in [0.15, 0.2) is 29.6 Å². The summed E-state index contributed by atoms with van der Waals surface area (Å²) in [5, 5.41) is 8.32. The quantitative estimate of drug-likeness (QED) is 0.844. The first-order chi connectivity index (χ1) is 11.5. The van der Waals surface area contributed by atoms with Gasteiger partial charge in [-0.2, -0.15) is 0 Å². The molecule has 0 unspecified atom stereocenters. The number of rotatable bonds is 6. The van der Waals surface area contributed by atoms with Crippen molar-refractivity contribution in [3.8, 4) is 11.3 Å². The summed E-state index contributed by atoms with van der Waals surface area (Å²) in [6.07, 6.45) is 0. The topological polar surface area (TPSA) is 74.3 Å². The van der Waals surface area contributed by atoms with E-state index in [-0.39, 0.29) is 12.5 Å². The number of amides is 3. The number of benzene rings is 1. The molecule has 0 aliphatic heterocycles. The van der Waals surface area contributed by atoms with Gasteiger partial charge >= 0.3 is 6.03 Å². The molecule has 1 aromatic heterocycles. The predicted octanol–water partition coefficient (Wildman–Crippen LogP) is 3.11. The number of hydrogen-bond acceptors (Lipinski definition) is 4. The Balaban J connectivity index is 1.87. The van der Waals surface area contributed by atoms with Gasteiger partial charge in [0, 0.05) is 29.7 Å². The molecule has 1 aromatic carbocycles. The monoisotopic (exact) mass is 346 g/mol. The Morgan fingerprint density at radius 1 is 1.17 bits per heavy atom. The minimum Gasteiger partial charge on any atom is -0.342 e. The van der Waals surface area contributed by atoms with Gasteiger partial charge < -0.3 is 15.5 Å².